The minimum Gasteiger partial charge on any atom is -0.206 e. The van der Waals surface area contributed by atoms with Crippen molar-refractivity contribution in [2.75, 3.05) is 0 Å². The normalized spacial score (nSPS) is 7.20. The van der Waals surface area contributed by atoms with E-state index in [-0.39, 0.29) is 37.3 Å². The topological polar surface area (TPSA) is 0 Å². The van der Waals surface area contributed by atoms with Gasteiger partial charge in [0.2, 0.25) is 0 Å². The third kappa shape index (κ3) is 3.39. The highest BCUT2D eigenvalue weighted by Gasteiger charge is 1.88. The van der Waals surface area contributed by atoms with Crippen LogP contribution in [0.15, 0.2) is 41.1 Å². The van der Waals surface area contributed by atoms with Crippen molar-refractivity contribution in [1.29, 1.82) is 0 Å². The number of benzene rings is 1. The van der Waals surface area contributed by atoms with Gasteiger partial charge in [0, 0.05) is 0 Å². The van der Waals surface area contributed by atoms with E-state index in [1.165, 1.54) is 3.69 Å². The highest BCUT2D eigenvalue weighted by molar-refractivity contribution is 8.93. The van der Waals surface area contributed by atoms with Gasteiger partial charge in [0.1, 0.15) is 0 Å². The minimum absolute atomic E-state index is 0. The molecule has 0 aliphatic heterocycles. The number of hydrogen-bond donors (Lipinski definition) is 0. The molecule has 0 aromatic heterocycles. The smallest absolute Gasteiger partial charge is 0.206 e. The quantitative estimate of drug-likeness (QED) is 0.651. The second-order valence-corrected chi connectivity index (χ2v) is 3.78. The second kappa shape index (κ2) is 5.95. The van der Waals surface area contributed by atoms with Gasteiger partial charge in [0.05, 0.1) is 0 Å². The summed E-state index contributed by atoms with van der Waals surface area (Å²) in [5, 5.41) is 0. The monoisotopic (exact) mass is 208 g/mol. The summed E-state index contributed by atoms with van der Waals surface area (Å²) in [5.74, 6) is 0. The maximum atomic E-state index is 3.72. The SMILES string of the molecule is Br.C=[CH][Mg][c]1ccccc1. The summed E-state index contributed by atoms with van der Waals surface area (Å²) < 4.78 is 3.52. The molecule has 0 radical (unpaired) electrons. The van der Waals surface area contributed by atoms with Gasteiger partial charge in [0.15, 0.2) is 0 Å². The minimum atomic E-state index is -0.137. The molecule has 0 saturated carbocycles. The van der Waals surface area contributed by atoms with Crippen LogP contribution in [0.1, 0.15) is 0 Å². The van der Waals surface area contributed by atoms with Crippen LogP contribution in [0.4, 0.5) is 0 Å². The van der Waals surface area contributed by atoms with E-state index in [1.54, 1.807) is 0 Å². The molecule has 0 N–H and O–H groups in total. The Morgan fingerprint density at radius 1 is 1.20 bits per heavy atom. The summed E-state index contributed by atoms with van der Waals surface area (Å²) in [7, 11) is 0. The molecule has 50 valence electrons. The van der Waals surface area contributed by atoms with Crippen LogP contribution in [0.5, 0.6) is 0 Å². The van der Waals surface area contributed by atoms with Crippen LogP contribution in [0.3, 0.4) is 0 Å². The Morgan fingerprint density at radius 3 is 2.30 bits per heavy atom. The van der Waals surface area contributed by atoms with Gasteiger partial charge < -0.3 is 0 Å². The Balaban J connectivity index is 0.000000810. The van der Waals surface area contributed by atoms with Crippen molar-refractivity contribution >= 4 is 41.0 Å². The second-order valence-electron chi connectivity index (χ2n) is 1.98. The molecule has 1 rings (SSSR count). The van der Waals surface area contributed by atoms with Gasteiger partial charge in [-0.2, -0.15) is 3.69 Å². The van der Waals surface area contributed by atoms with Crippen molar-refractivity contribution in [3.63, 3.8) is 0 Å². The van der Waals surface area contributed by atoms with Crippen molar-refractivity contribution in [3.8, 4) is 0 Å². The van der Waals surface area contributed by atoms with Gasteiger partial charge in [-0.1, -0.05) is 30.3 Å². The van der Waals surface area contributed by atoms with Crippen molar-refractivity contribution < 1.29 is 0 Å². The molecule has 0 saturated heterocycles. The maximum Gasteiger partial charge on any atom is 0.438 e. The predicted molar refractivity (Wildman–Crippen MR) is 52.3 cm³/mol. The zero-order valence-corrected chi connectivity index (χ0v) is 8.91. The molecule has 0 aliphatic rings. The summed E-state index contributed by atoms with van der Waals surface area (Å²) >= 11 is -0.137. The van der Waals surface area contributed by atoms with E-state index in [1.807, 2.05) is 6.07 Å². The van der Waals surface area contributed by atoms with Crippen molar-refractivity contribution in [2.24, 2.45) is 0 Å². The molecule has 0 amide bonds. The summed E-state index contributed by atoms with van der Waals surface area (Å²) in [4.78, 5) is 0. The number of hydrogen-bond acceptors (Lipinski definition) is 0. The molecule has 0 spiro atoms. The van der Waals surface area contributed by atoms with E-state index >= 15 is 0 Å². The van der Waals surface area contributed by atoms with Gasteiger partial charge >= 0.3 is 20.4 Å². The molecule has 0 aliphatic carbocycles. The molecule has 10 heavy (non-hydrogen) atoms. The largest absolute Gasteiger partial charge is 0.438 e. The van der Waals surface area contributed by atoms with Crippen molar-refractivity contribution in [3.05, 3.63) is 41.1 Å². The molecule has 0 unspecified atom stereocenters. The lowest BCUT2D eigenvalue weighted by atomic mass is 10.4. The zero-order chi connectivity index (χ0) is 6.53. The van der Waals surface area contributed by atoms with Gasteiger partial charge in [0.25, 0.3) is 0 Å². The Morgan fingerprint density at radius 2 is 1.80 bits per heavy atom. The summed E-state index contributed by atoms with van der Waals surface area (Å²) in [6, 6.07) is 10.5. The Kier molecular flexibility index (Phi) is 6.07. The molecule has 1 aromatic rings. The van der Waals surface area contributed by atoms with Crippen LogP contribution in [0.25, 0.3) is 0 Å². The lowest BCUT2D eigenvalue weighted by molar-refractivity contribution is 1.77. The Hall–Kier alpha value is 0.206. The zero-order valence-electron chi connectivity index (χ0n) is 5.79. The van der Waals surface area contributed by atoms with E-state index in [2.05, 4.69) is 35.0 Å². The molecular formula is C8H9BrMg. The van der Waals surface area contributed by atoms with E-state index in [0.29, 0.717) is 0 Å². The van der Waals surface area contributed by atoms with Gasteiger partial charge in [-0.3, -0.25) is 0 Å². The van der Waals surface area contributed by atoms with Crippen LogP contribution in [0, 0.1) is 0 Å². The lowest BCUT2D eigenvalue weighted by Crippen LogP contribution is -2.09. The predicted octanol–water partition coefficient (Wildman–Crippen LogP) is 1.74. The standard InChI is InChI=1S/C6H5.C2H3.BrH.Mg/c1-2-4-6-5-3-1;1-2;;/h1-5H;1H,2H2;1H;. The molecule has 2 heteroatoms. The fraction of sp³-hybridized carbons (Fsp3) is 0. The lowest BCUT2D eigenvalue weighted by Gasteiger charge is -1.89. The molecule has 1 aromatic carbocycles. The van der Waals surface area contributed by atoms with E-state index in [0.717, 1.165) is 0 Å². The Bertz CT molecular complexity index is 184. The Labute approximate surface area is 81.8 Å². The molecule has 0 heterocycles. The molecule has 0 atom stereocenters. The van der Waals surface area contributed by atoms with E-state index in [9.17, 15) is 0 Å². The van der Waals surface area contributed by atoms with Crippen LogP contribution in [-0.4, -0.2) is 20.4 Å². The maximum absolute atomic E-state index is 3.72. The van der Waals surface area contributed by atoms with Crippen molar-refractivity contribution in [2.45, 2.75) is 0 Å². The summed E-state index contributed by atoms with van der Waals surface area (Å²) in [6.07, 6.45) is 0. The first kappa shape index (κ1) is 10.2. The van der Waals surface area contributed by atoms with Gasteiger partial charge in [-0.25, -0.2) is 4.21 Å². The molecule has 0 nitrogen and oxygen atoms in total. The number of rotatable bonds is 2. The van der Waals surface area contributed by atoms with E-state index in [4.69, 9.17) is 0 Å². The highest BCUT2D eigenvalue weighted by atomic mass is 79.9. The van der Waals surface area contributed by atoms with Crippen LogP contribution >= 0.6 is 17.0 Å². The fourth-order valence-electron chi connectivity index (χ4n) is 0.781. The number of halogens is 1. The first-order valence-electron chi connectivity index (χ1n) is 3.08. The average Bonchev–Trinajstić information content (AvgIpc) is 1.91. The van der Waals surface area contributed by atoms with Crippen molar-refractivity contribution in [1.82, 2.24) is 0 Å². The molecular weight excluding hydrogens is 200 g/mol. The first-order valence-corrected chi connectivity index (χ1v) is 4.60. The average molecular weight is 209 g/mol. The first-order chi connectivity index (χ1) is 4.43. The van der Waals surface area contributed by atoms with Crippen LogP contribution in [-0.2, 0) is 0 Å². The van der Waals surface area contributed by atoms with E-state index < -0.39 is 0 Å². The third-order valence-electron chi connectivity index (χ3n) is 1.22. The fourth-order valence-corrected chi connectivity index (χ4v) is 1.66. The van der Waals surface area contributed by atoms with Crippen LogP contribution in [0.2, 0.25) is 0 Å². The third-order valence-corrected chi connectivity index (χ3v) is 2.45. The van der Waals surface area contributed by atoms with Gasteiger partial charge in [-0.15, -0.1) is 23.6 Å². The molecule has 0 bridgehead atoms. The van der Waals surface area contributed by atoms with Crippen LogP contribution < -0.4 is 3.69 Å². The summed E-state index contributed by atoms with van der Waals surface area (Å²) in [6.45, 7) is 3.72. The summed E-state index contributed by atoms with van der Waals surface area (Å²) in [5.41, 5.74) is 0. The molecule has 0 fully saturated rings. The van der Waals surface area contributed by atoms with Gasteiger partial charge in [-0.05, 0) is 0 Å². The highest BCUT2D eigenvalue weighted by Crippen LogP contribution is 1.80.